The zero-order valence-electron chi connectivity index (χ0n) is 23.2. The second kappa shape index (κ2) is 18.4. The van der Waals surface area contributed by atoms with E-state index < -0.39 is 0 Å². The van der Waals surface area contributed by atoms with Gasteiger partial charge < -0.3 is 36.5 Å². The van der Waals surface area contributed by atoms with Crippen LogP contribution in [-0.4, -0.2) is 78.4 Å². The molecule has 1 aromatic carbocycles. The molecule has 12 nitrogen and oxygen atoms in total. The highest BCUT2D eigenvalue weighted by atomic mass is 16.5. The summed E-state index contributed by atoms with van der Waals surface area (Å²) in [5.41, 5.74) is 7.93. The van der Waals surface area contributed by atoms with Crippen molar-refractivity contribution >= 4 is 23.8 Å². The quantitative estimate of drug-likeness (QED) is 0.131. The molecule has 0 aliphatic heterocycles. The zero-order chi connectivity index (χ0) is 28.3. The fourth-order valence-corrected chi connectivity index (χ4v) is 3.54. The van der Waals surface area contributed by atoms with Crippen molar-refractivity contribution in [1.82, 2.24) is 25.3 Å². The molecule has 0 radical (unpaired) electrons. The lowest BCUT2D eigenvalue weighted by molar-refractivity contribution is 0.0511. The summed E-state index contributed by atoms with van der Waals surface area (Å²) in [7, 11) is 0. The lowest BCUT2D eigenvalue weighted by atomic mass is 10.1. The van der Waals surface area contributed by atoms with Crippen LogP contribution in [0.2, 0.25) is 0 Å². The maximum atomic E-state index is 12.4. The van der Waals surface area contributed by atoms with Gasteiger partial charge in [-0.1, -0.05) is 31.5 Å². The normalized spacial score (nSPS) is 10.8. The van der Waals surface area contributed by atoms with E-state index in [1.807, 2.05) is 30.3 Å². The van der Waals surface area contributed by atoms with Crippen LogP contribution in [0.1, 0.15) is 41.4 Å². The van der Waals surface area contributed by atoms with Gasteiger partial charge in [-0.15, -0.1) is 0 Å². The van der Waals surface area contributed by atoms with Gasteiger partial charge in [0.15, 0.2) is 0 Å². The molecule has 0 fully saturated rings. The fraction of sp³-hybridized carbons (Fsp3) is 0.464. The largest absolute Gasteiger partial charge is 0.378 e. The third kappa shape index (κ3) is 11.9. The van der Waals surface area contributed by atoms with Crippen LogP contribution in [0.5, 0.6) is 0 Å². The molecule has 0 unspecified atom stereocenters. The fourth-order valence-electron chi connectivity index (χ4n) is 3.54. The molecule has 0 saturated carbocycles. The first-order chi connectivity index (χ1) is 19.7. The van der Waals surface area contributed by atoms with Crippen LogP contribution in [0, 0.1) is 0 Å². The Hall–Kier alpha value is -3.87. The molecule has 12 heteroatoms. The van der Waals surface area contributed by atoms with Crippen LogP contribution in [0.4, 0.5) is 17.8 Å². The highest BCUT2D eigenvalue weighted by Gasteiger charge is 2.08. The minimum Gasteiger partial charge on any atom is -0.378 e. The molecule has 2 heterocycles. The SMILES string of the molecule is CCCCNc1nc(NCCc2ccccn2)nc(NCc2ccc(C(=O)NCCOCCOCCN)cc2)n1. The van der Waals surface area contributed by atoms with E-state index in [4.69, 9.17) is 15.2 Å². The summed E-state index contributed by atoms with van der Waals surface area (Å²) in [6.45, 7) is 6.87. The number of carbonyl (C=O) groups excluding carboxylic acids is 1. The van der Waals surface area contributed by atoms with Gasteiger partial charge in [-0.05, 0) is 36.2 Å². The van der Waals surface area contributed by atoms with Gasteiger partial charge in [0.2, 0.25) is 17.8 Å². The Morgan fingerprint density at radius 2 is 1.52 bits per heavy atom. The van der Waals surface area contributed by atoms with Crippen molar-refractivity contribution in [1.29, 1.82) is 0 Å². The van der Waals surface area contributed by atoms with Crippen molar-refractivity contribution < 1.29 is 14.3 Å². The van der Waals surface area contributed by atoms with E-state index >= 15 is 0 Å². The summed E-state index contributed by atoms with van der Waals surface area (Å²) in [6, 6.07) is 13.3. The van der Waals surface area contributed by atoms with E-state index in [0.29, 0.717) is 76.0 Å². The summed E-state index contributed by atoms with van der Waals surface area (Å²) in [5.74, 6) is 1.32. The van der Waals surface area contributed by atoms with Gasteiger partial charge in [-0.25, -0.2) is 0 Å². The van der Waals surface area contributed by atoms with Gasteiger partial charge in [0.05, 0.1) is 26.4 Å². The predicted octanol–water partition coefficient (Wildman–Crippen LogP) is 2.47. The van der Waals surface area contributed by atoms with Crippen LogP contribution in [0.25, 0.3) is 0 Å². The van der Waals surface area contributed by atoms with Gasteiger partial charge in [-0.3, -0.25) is 9.78 Å². The van der Waals surface area contributed by atoms with Crippen LogP contribution >= 0.6 is 0 Å². The third-order valence-corrected chi connectivity index (χ3v) is 5.67. The number of aromatic nitrogens is 4. The molecular formula is C28H41N9O3. The van der Waals surface area contributed by atoms with Crippen LogP contribution in [0.15, 0.2) is 48.7 Å². The lowest BCUT2D eigenvalue weighted by Gasteiger charge is -2.12. The molecule has 0 bridgehead atoms. The number of amides is 1. The maximum absolute atomic E-state index is 12.4. The Labute approximate surface area is 235 Å². The number of benzene rings is 1. The first kappa shape index (κ1) is 30.7. The van der Waals surface area contributed by atoms with Crippen LogP contribution < -0.4 is 27.0 Å². The average Bonchev–Trinajstić information content (AvgIpc) is 2.98. The molecule has 1 amide bonds. The van der Waals surface area contributed by atoms with Crippen LogP contribution in [-0.2, 0) is 22.4 Å². The molecular weight excluding hydrogens is 510 g/mol. The van der Waals surface area contributed by atoms with E-state index in [1.165, 1.54) is 0 Å². The zero-order valence-corrected chi connectivity index (χ0v) is 23.2. The number of unbranched alkanes of at least 4 members (excludes halogenated alkanes) is 1. The first-order valence-corrected chi connectivity index (χ1v) is 13.8. The number of nitrogens with zero attached hydrogens (tertiary/aromatic N) is 4. The smallest absolute Gasteiger partial charge is 0.251 e. The molecule has 3 rings (SSSR count). The van der Waals surface area contributed by atoms with Gasteiger partial charge in [0, 0.05) is 56.6 Å². The standard InChI is InChI=1S/C28H41N9O3/c1-2-3-13-32-26-35-27(33-15-11-24-6-4-5-14-30-24)37-28(36-26)34-21-22-7-9-23(10-8-22)25(38)31-16-18-40-20-19-39-17-12-29/h4-10,14H,2-3,11-13,15-21,29H2,1H3,(H,31,38)(H3,32,33,34,35,36,37). The number of nitrogens with two attached hydrogens (primary N) is 1. The summed E-state index contributed by atoms with van der Waals surface area (Å²) in [4.78, 5) is 30.3. The Bertz CT molecular complexity index is 1120. The maximum Gasteiger partial charge on any atom is 0.251 e. The Kier molecular flexibility index (Phi) is 14.1. The van der Waals surface area contributed by atoms with Crippen LogP contribution in [0.3, 0.4) is 0 Å². The molecule has 0 atom stereocenters. The molecule has 0 aliphatic carbocycles. The molecule has 40 heavy (non-hydrogen) atoms. The van der Waals surface area contributed by atoms with Crippen molar-refractivity contribution in [3.63, 3.8) is 0 Å². The van der Waals surface area contributed by atoms with Crippen molar-refractivity contribution in [2.75, 3.05) is 68.6 Å². The molecule has 0 saturated heterocycles. The van der Waals surface area contributed by atoms with Gasteiger partial charge in [0.25, 0.3) is 5.91 Å². The summed E-state index contributed by atoms with van der Waals surface area (Å²) in [6.07, 6.45) is 4.64. The molecule has 6 N–H and O–H groups in total. The number of anilines is 3. The molecule has 0 aliphatic rings. The lowest BCUT2D eigenvalue weighted by Crippen LogP contribution is -2.27. The van der Waals surface area contributed by atoms with Crippen molar-refractivity contribution in [3.8, 4) is 0 Å². The predicted molar refractivity (Wildman–Crippen MR) is 156 cm³/mol. The van der Waals surface area contributed by atoms with Crippen molar-refractivity contribution in [3.05, 3.63) is 65.5 Å². The Morgan fingerprint density at radius 3 is 2.20 bits per heavy atom. The van der Waals surface area contributed by atoms with Gasteiger partial charge in [-0.2, -0.15) is 15.0 Å². The van der Waals surface area contributed by atoms with Gasteiger partial charge >= 0.3 is 0 Å². The highest BCUT2D eigenvalue weighted by Crippen LogP contribution is 2.12. The molecule has 0 spiro atoms. The van der Waals surface area contributed by atoms with E-state index in [-0.39, 0.29) is 5.91 Å². The number of nitrogens with one attached hydrogen (secondary N) is 4. The number of rotatable bonds is 20. The van der Waals surface area contributed by atoms with E-state index in [2.05, 4.69) is 48.1 Å². The van der Waals surface area contributed by atoms with Crippen molar-refractivity contribution in [2.24, 2.45) is 5.73 Å². The monoisotopic (exact) mass is 551 g/mol. The summed E-state index contributed by atoms with van der Waals surface area (Å²) >= 11 is 0. The third-order valence-electron chi connectivity index (χ3n) is 5.67. The van der Waals surface area contributed by atoms with E-state index in [9.17, 15) is 4.79 Å². The first-order valence-electron chi connectivity index (χ1n) is 13.8. The minimum absolute atomic E-state index is 0.149. The second-order valence-electron chi connectivity index (χ2n) is 8.90. The van der Waals surface area contributed by atoms with Crippen molar-refractivity contribution in [2.45, 2.75) is 32.7 Å². The topological polar surface area (TPSA) is 161 Å². The highest BCUT2D eigenvalue weighted by molar-refractivity contribution is 5.94. The molecule has 216 valence electrons. The minimum atomic E-state index is -0.149. The summed E-state index contributed by atoms with van der Waals surface area (Å²) in [5, 5.41) is 12.7. The number of hydrogen-bond acceptors (Lipinski definition) is 11. The van der Waals surface area contributed by atoms with E-state index in [1.54, 1.807) is 18.3 Å². The Balaban J connectivity index is 1.47. The van der Waals surface area contributed by atoms with Gasteiger partial charge in [0.1, 0.15) is 0 Å². The number of hydrogen-bond donors (Lipinski definition) is 5. The number of carbonyl (C=O) groups is 1. The second-order valence-corrected chi connectivity index (χ2v) is 8.90. The molecule has 3 aromatic rings. The average molecular weight is 552 g/mol. The Morgan fingerprint density at radius 1 is 0.825 bits per heavy atom. The summed E-state index contributed by atoms with van der Waals surface area (Å²) < 4.78 is 10.7. The molecule has 2 aromatic heterocycles. The number of pyridine rings is 1. The van der Waals surface area contributed by atoms with E-state index in [0.717, 1.165) is 37.1 Å². The number of ether oxygens (including phenoxy) is 2.